The molecule has 2 aromatic carbocycles. The predicted octanol–water partition coefficient (Wildman–Crippen LogP) is 4.66. The van der Waals surface area contributed by atoms with Crippen LogP contribution in [-0.4, -0.2) is 36.6 Å². The Labute approximate surface area is 189 Å². The fraction of sp³-hybridized carbons (Fsp3) is 0.304. The maximum Gasteiger partial charge on any atom is 0.292 e. The van der Waals surface area contributed by atoms with Crippen LogP contribution >= 0.6 is 11.6 Å². The van der Waals surface area contributed by atoms with Gasteiger partial charge >= 0.3 is 0 Å². The van der Waals surface area contributed by atoms with Gasteiger partial charge in [-0.3, -0.25) is 4.79 Å². The van der Waals surface area contributed by atoms with Crippen LogP contribution in [-0.2, 0) is 4.74 Å². The van der Waals surface area contributed by atoms with Crippen LogP contribution in [0.5, 0.6) is 17.2 Å². The average Bonchev–Trinajstić information content (AvgIpc) is 2.82. The van der Waals surface area contributed by atoms with Gasteiger partial charge in [-0.15, -0.1) is 0 Å². The van der Waals surface area contributed by atoms with Crippen molar-refractivity contribution in [2.45, 2.75) is 12.8 Å². The summed E-state index contributed by atoms with van der Waals surface area (Å²) in [5, 5.41) is 7.53. The van der Waals surface area contributed by atoms with Crippen LogP contribution < -0.4 is 20.3 Å². The lowest BCUT2D eigenvalue weighted by molar-refractivity contribution is 0.0595. The zero-order valence-electron chi connectivity index (χ0n) is 17.5. The second-order valence-corrected chi connectivity index (χ2v) is 7.82. The van der Waals surface area contributed by atoms with Gasteiger partial charge in [-0.2, -0.15) is 9.78 Å². The summed E-state index contributed by atoms with van der Waals surface area (Å²) in [7, 11) is 1.39. The summed E-state index contributed by atoms with van der Waals surface area (Å²) in [6, 6.07) is 11.0. The molecule has 7 nitrogen and oxygen atoms in total. The van der Waals surface area contributed by atoms with Crippen molar-refractivity contribution < 1.29 is 18.6 Å². The van der Waals surface area contributed by atoms with Gasteiger partial charge in [0.15, 0.2) is 11.6 Å². The molecule has 0 saturated carbocycles. The molecule has 0 aliphatic carbocycles. The second kappa shape index (κ2) is 10.0. The SMILES string of the molecule is COc1cc(Oc2ccc(-n3ncc(NC[C@@H]4CCCOC4)c(Cl)c3=O)cc2)ccc1F. The van der Waals surface area contributed by atoms with E-state index in [2.05, 4.69) is 10.4 Å². The molecule has 0 radical (unpaired) electrons. The summed E-state index contributed by atoms with van der Waals surface area (Å²) in [6.45, 7) is 2.18. The van der Waals surface area contributed by atoms with Crippen molar-refractivity contribution in [3.05, 3.63) is 69.9 Å². The Morgan fingerprint density at radius 2 is 2.03 bits per heavy atom. The minimum Gasteiger partial charge on any atom is -0.494 e. The van der Waals surface area contributed by atoms with E-state index in [9.17, 15) is 9.18 Å². The largest absolute Gasteiger partial charge is 0.494 e. The summed E-state index contributed by atoms with van der Waals surface area (Å²) < 4.78 is 30.9. The first-order valence-corrected chi connectivity index (χ1v) is 10.6. The zero-order chi connectivity index (χ0) is 22.5. The van der Waals surface area contributed by atoms with E-state index < -0.39 is 11.4 Å². The molecule has 0 amide bonds. The van der Waals surface area contributed by atoms with Crippen molar-refractivity contribution in [3.63, 3.8) is 0 Å². The highest BCUT2D eigenvalue weighted by atomic mass is 35.5. The Balaban J connectivity index is 1.46. The molecule has 1 atom stereocenters. The number of methoxy groups -OCH3 is 1. The molecular weight excluding hydrogens is 437 g/mol. The number of ether oxygens (including phenoxy) is 3. The van der Waals surface area contributed by atoms with Gasteiger partial charge in [0.25, 0.3) is 5.56 Å². The Bertz CT molecular complexity index is 1130. The summed E-state index contributed by atoms with van der Waals surface area (Å²) in [4.78, 5) is 12.7. The van der Waals surface area contributed by atoms with Crippen molar-refractivity contribution in [1.82, 2.24) is 9.78 Å². The Morgan fingerprint density at radius 1 is 1.25 bits per heavy atom. The number of hydrogen-bond acceptors (Lipinski definition) is 6. The molecule has 1 saturated heterocycles. The molecule has 1 fully saturated rings. The first-order chi connectivity index (χ1) is 15.5. The molecule has 0 unspecified atom stereocenters. The van der Waals surface area contributed by atoms with Gasteiger partial charge in [0.1, 0.15) is 16.5 Å². The van der Waals surface area contributed by atoms with E-state index in [1.165, 1.54) is 30.0 Å². The highest BCUT2D eigenvalue weighted by molar-refractivity contribution is 6.32. The lowest BCUT2D eigenvalue weighted by atomic mass is 10.0. The van der Waals surface area contributed by atoms with Crippen molar-refractivity contribution >= 4 is 17.3 Å². The van der Waals surface area contributed by atoms with Crippen molar-refractivity contribution in [2.75, 3.05) is 32.2 Å². The van der Waals surface area contributed by atoms with Gasteiger partial charge in [-0.1, -0.05) is 11.6 Å². The van der Waals surface area contributed by atoms with Crippen LogP contribution in [0.1, 0.15) is 12.8 Å². The Kier molecular flexibility index (Phi) is 6.92. The van der Waals surface area contributed by atoms with E-state index in [4.69, 9.17) is 25.8 Å². The van der Waals surface area contributed by atoms with Gasteiger partial charge in [-0.05, 0) is 55.2 Å². The Hall–Kier alpha value is -3.10. The fourth-order valence-electron chi connectivity index (χ4n) is 3.46. The first-order valence-electron chi connectivity index (χ1n) is 10.3. The molecule has 1 aliphatic rings. The zero-order valence-corrected chi connectivity index (χ0v) is 18.3. The minimum atomic E-state index is -0.470. The van der Waals surface area contributed by atoms with E-state index in [0.717, 1.165) is 19.4 Å². The normalized spacial score (nSPS) is 15.9. The average molecular weight is 460 g/mol. The number of aromatic nitrogens is 2. The number of hydrogen-bond donors (Lipinski definition) is 1. The third-order valence-corrected chi connectivity index (χ3v) is 5.56. The molecule has 4 rings (SSSR count). The lowest BCUT2D eigenvalue weighted by Crippen LogP contribution is -2.26. The van der Waals surface area contributed by atoms with Gasteiger partial charge in [0.2, 0.25) is 0 Å². The smallest absolute Gasteiger partial charge is 0.292 e. The molecule has 32 heavy (non-hydrogen) atoms. The molecule has 168 valence electrons. The Morgan fingerprint density at radius 3 is 2.75 bits per heavy atom. The number of benzene rings is 2. The maximum absolute atomic E-state index is 13.6. The van der Waals surface area contributed by atoms with Crippen molar-refractivity contribution in [1.29, 1.82) is 0 Å². The monoisotopic (exact) mass is 459 g/mol. The lowest BCUT2D eigenvalue weighted by Gasteiger charge is -2.22. The first kappa shape index (κ1) is 22.1. The van der Waals surface area contributed by atoms with Gasteiger partial charge in [0.05, 0.1) is 31.3 Å². The maximum atomic E-state index is 13.6. The molecule has 1 aliphatic heterocycles. The number of nitrogens with zero attached hydrogens (tertiary/aromatic N) is 2. The quantitative estimate of drug-likeness (QED) is 0.553. The van der Waals surface area contributed by atoms with E-state index in [0.29, 0.717) is 41.9 Å². The van der Waals surface area contributed by atoms with Gasteiger partial charge in [0, 0.05) is 19.2 Å². The molecular formula is C23H23ClFN3O4. The highest BCUT2D eigenvalue weighted by Gasteiger charge is 2.16. The minimum absolute atomic E-state index is 0.0791. The summed E-state index contributed by atoms with van der Waals surface area (Å²) in [6.07, 6.45) is 3.66. The van der Waals surface area contributed by atoms with Crippen LogP contribution in [0.4, 0.5) is 10.1 Å². The fourth-order valence-corrected chi connectivity index (χ4v) is 3.65. The number of rotatable bonds is 7. The van der Waals surface area contributed by atoms with E-state index in [1.54, 1.807) is 30.5 Å². The molecule has 0 bridgehead atoms. The van der Waals surface area contributed by atoms with Gasteiger partial charge < -0.3 is 19.5 Å². The van der Waals surface area contributed by atoms with E-state index in [1.807, 2.05) is 0 Å². The van der Waals surface area contributed by atoms with Crippen LogP contribution in [0, 0.1) is 11.7 Å². The number of halogens is 2. The van der Waals surface area contributed by atoms with Crippen LogP contribution in [0.3, 0.4) is 0 Å². The second-order valence-electron chi connectivity index (χ2n) is 7.45. The van der Waals surface area contributed by atoms with Crippen LogP contribution in [0.15, 0.2) is 53.5 Å². The summed E-state index contributed by atoms with van der Waals surface area (Å²) in [5.74, 6) is 0.940. The third-order valence-electron chi connectivity index (χ3n) is 5.19. The molecule has 1 aromatic heterocycles. The topological polar surface area (TPSA) is 74.6 Å². The van der Waals surface area contributed by atoms with Crippen LogP contribution in [0.2, 0.25) is 5.02 Å². The number of anilines is 1. The molecule has 1 N–H and O–H groups in total. The molecule has 2 heterocycles. The van der Waals surface area contributed by atoms with Crippen molar-refractivity contribution in [3.8, 4) is 22.9 Å². The number of nitrogens with one attached hydrogen (secondary N) is 1. The molecule has 0 spiro atoms. The van der Waals surface area contributed by atoms with Gasteiger partial charge in [-0.25, -0.2) is 4.39 Å². The molecule has 3 aromatic rings. The van der Waals surface area contributed by atoms with E-state index in [-0.39, 0.29) is 10.8 Å². The summed E-state index contributed by atoms with van der Waals surface area (Å²) in [5.41, 5.74) is 0.616. The molecule has 9 heteroatoms. The highest BCUT2D eigenvalue weighted by Crippen LogP contribution is 2.28. The summed E-state index contributed by atoms with van der Waals surface area (Å²) >= 11 is 6.31. The van der Waals surface area contributed by atoms with E-state index >= 15 is 0 Å². The van der Waals surface area contributed by atoms with Crippen molar-refractivity contribution in [2.24, 2.45) is 5.92 Å². The van der Waals surface area contributed by atoms with Crippen LogP contribution in [0.25, 0.3) is 5.69 Å². The standard InChI is InChI=1S/C23H23ClFN3O4/c1-30-21-11-18(8-9-19(21)25)32-17-6-4-16(5-7-17)28-23(29)22(24)20(13-27-28)26-12-15-3-2-10-31-14-15/h4-9,11,13,15,26H,2-3,10,12,14H2,1H3/t15-/m0/s1. The third kappa shape index (κ3) is 5.03. The predicted molar refractivity (Wildman–Crippen MR) is 120 cm³/mol.